The van der Waals surface area contributed by atoms with Gasteiger partial charge in [-0.3, -0.25) is 4.99 Å². The lowest BCUT2D eigenvalue weighted by Gasteiger charge is -2.12. The molecule has 1 aromatic carbocycles. The summed E-state index contributed by atoms with van der Waals surface area (Å²) in [6.07, 6.45) is -3.19. The summed E-state index contributed by atoms with van der Waals surface area (Å²) in [7, 11) is 0. The van der Waals surface area contributed by atoms with E-state index in [-0.39, 0.29) is 0 Å². The molecule has 21 heavy (non-hydrogen) atoms. The van der Waals surface area contributed by atoms with Crippen LogP contribution in [0.1, 0.15) is 31.4 Å². The number of amidine groups is 1. The summed E-state index contributed by atoms with van der Waals surface area (Å²) in [4.78, 5) is 4.40. The lowest BCUT2D eigenvalue weighted by molar-refractivity contribution is -0.137. The van der Waals surface area contributed by atoms with E-state index < -0.39 is 11.7 Å². The number of nitrogens with one attached hydrogen (secondary N) is 1. The maximum absolute atomic E-state index is 12.6. The fourth-order valence-corrected chi connectivity index (χ4v) is 3.45. The van der Waals surface area contributed by atoms with Crippen LogP contribution in [0.4, 0.5) is 13.2 Å². The Kier molecular flexibility index (Phi) is 5.19. The van der Waals surface area contributed by atoms with E-state index >= 15 is 0 Å². The molecule has 2 rings (SSSR count). The highest BCUT2D eigenvalue weighted by Gasteiger charge is 2.30. The fourth-order valence-electron chi connectivity index (χ4n) is 2.20. The highest BCUT2D eigenvalue weighted by Crippen LogP contribution is 2.30. The second-order valence-electron chi connectivity index (χ2n) is 5.57. The average Bonchev–Trinajstić information content (AvgIpc) is 2.82. The van der Waals surface area contributed by atoms with Gasteiger partial charge in [0.05, 0.1) is 12.1 Å². The minimum Gasteiger partial charge on any atom is -0.361 e. The van der Waals surface area contributed by atoms with Gasteiger partial charge in [-0.15, -0.1) is 0 Å². The number of nitrogens with zero attached hydrogens (tertiary/aromatic N) is 1. The molecule has 0 bridgehead atoms. The van der Waals surface area contributed by atoms with Crippen LogP contribution in [0.25, 0.3) is 0 Å². The Morgan fingerprint density at radius 3 is 2.81 bits per heavy atom. The summed E-state index contributed by atoms with van der Waals surface area (Å²) in [6, 6.07) is 5.39. The Morgan fingerprint density at radius 1 is 1.38 bits per heavy atom. The van der Waals surface area contributed by atoms with Crippen molar-refractivity contribution in [3.8, 4) is 0 Å². The van der Waals surface area contributed by atoms with Gasteiger partial charge < -0.3 is 5.32 Å². The van der Waals surface area contributed by atoms with Crippen LogP contribution < -0.4 is 5.32 Å². The Labute approximate surface area is 127 Å². The Bertz CT molecular complexity index is 512. The molecule has 1 aliphatic heterocycles. The van der Waals surface area contributed by atoms with Crippen LogP contribution >= 0.6 is 11.8 Å². The van der Waals surface area contributed by atoms with Crippen molar-refractivity contribution in [3.05, 3.63) is 35.4 Å². The van der Waals surface area contributed by atoms with Crippen molar-refractivity contribution in [2.45, 2.75) is 38.2 Å². The molecule has 1 unspecified atom stereocenters. The van der Waals surface area contributed by atoms with Crippen molar-refractivity contribution >= 4 is 16.9 Å². The number of aliphatic imine (C=N–C) groups is 1. The topological polar surface area (TPSA) is 24.4 Å². The lowest BCUT2D eigenvalue weighted by atomic mass is 10.1. The maximum atomic E-state index is 12.6. The van der Waals surface area contributed by atoms with Crippen LogP contribution in [0.15, 0.2) is 29.3 Å². The zero-order valence-electron chi connectivity index (χ0n) is 12.1. The molecule has 0 aliphatic carbocycles. The predicted molar refractivity (Wildman–Crippen MR) is 81.4 cm³/mol. The van der Waals surface area contributed by atoms with Gasteiger partial charge in [0.2, 0.25) is 0 Å². The third-order valence-electron chi connectivity index (χ3n) is 3.15. The molecule has 116 valence electrons. The van der Waals surface area contributed by atoms with Crippen molar-refractivity contribution < 1.29 is 13.2 Å². The van der Waals surface area contributed by atoms with Gasteiger partial charge in [-0.05, 0) is 30.0 Å². The highest BCUT2D eigenvalue weighted by atomic mass is 32.2. The summed E-state index contributed by atoms with van der Waals surface area (Å²) in [5.41, 5.74) is 0.000864. The van der Waals surface area contributed by atoms with Crippen LogP contribution in [-0.4, -0.2) is 17.0 Å². The Hall–Kier alpha value is -1.17. The van der Waals surface area contributed by atoms with E-state index in [9.17, 15) is 13.2 Å². The Balaban J connectivity index is 1.87. The zero-order chi connectivity index (χ0) is 15.5. The number of alkyl halides is 3. The number of halogens is 3. The number of benzene rings is 1. The molecule has 0 aromatic heterocycles. The van der Waals surface area contributed by atoms with Crippen LogP contribution in [0.3, 0.4) is 0 Å². The van der Waals surface area contributed by atoms with Gasteiger partial charge in [0, 0.05) is 11.8 Å². The van der Waals surface area contributed by atoms with E-state index in [1.165, 1.54) is 12.1 Å². The summed E-state index contributed by atoms with van der Waals surface area (Å²) in [5.74, 6) is 0.625. The van der Waals surface area contributed by atoms with E-state index in [4.69, 9.17) is 0 Å². The van der Waals surface area contributed by atoms with Crippen molar-refractivity contribution in [2.24, 2.45) is 10.9 Å². The molecular weight excluding hydrogens is 297 g/mol. The van der Waals surface area contributed by atoms with Gasteiger partial charge in [-0.2, -0.15) is 13.2 Å². The molecule has 1 atom stereocenters. The molecule has 6 heteroatoms. The van der Waals surface area contributed by atoms with Crippen molar-refractivity contribution in [1.82, 2.24) is 5.32 Å². The molecule has 0 fully saturated rings. The van der Waals surface area contributed by atoms with Crippen LogP contribution in [-0.2, 0) is 12.7 Å². The van der Waals surface area contributed by atoms with E-state index in [1.807, 2.05) is 0 Å². The maximum Gasteiger partial charge on any atom is 0.416 e. The van der Waals surface area contributed by atoms with Gasteiger partial charge in [0.15, 0.2) is 5.17 Å². The third kappa shape index (κ3) is 4.95. The van der Waals surface area contributed by atoms with E-state index in [0.717, 1.165) is 24.2 Å². The SMILES string of the molecule is CC(C)CC1CN=C(NCc2cccc(C(F)(F)F)c2)S1. The number of thioether (sulfide) groups is 1. The van der Waals surface area contributed by atoms with Crippen LogP contribution in [0, 0.1) is 5.92 Å². The van der Waals surface area contributed by atoms with Crippen LogP contribution in [0.5, 0.6) is 0 Å². The van der Waals surface area contributed by atoms with Gasteiger partial charge in [-0.1, -0.05) is 37.7 Å². The number of rotatable bonds is 4. The second-order valence-corrected chi connectivity index (χ2v) is 6.86. The Morgan fingerprint density at radius 2 is 2.14 bits per heavy atom. The first-order valence-electron chi connectivity index (χ1n) is 6.95. The number of hydrogen-bond acceptors (Lipinski definition) is 3. The minimum atomic E-state index is -4.29. The average molecular weight is 316 g/mol. The molecule has 0 saturated carbocycles. The first-order valence-corrected chi connectivity index (χ1v) is 7.83. The standard InChI is InChI=1S/C15H19F3N2S/c1-10(2)6-13-9-20-14(21-13)19-8-11-4-3-5-12(7-11)15(16,17)18/h3-5,7,10,13H,6,8-9H2,1-2H3,(H,19,20). The smallest absolute Gasteiger partial charge is 0.361 e. The third-order valence-corrected chi connectivity index (χ3v) is 4.32. The van der Waals surface area contributed by atoms with Crippen molar-refractivity contribution in [3.63, 3.8) is 0 Å². The molecular formula is C15H19F3N2S. The summed E-state index contributed by atoms with van der Waals surface area (Å²) < 4.78 is 37.9. The largest absolute Gasteiger partial charge is 0.416 e. The predicted octanol–water partition coefficient (Wildman–Crippen LogP) is 4.31. The highest BCUT2D eigenvalue weighted by molar-refractivity contribution is 8.14. The van der Waals surface area contributed by atoms with Crippen LogP contribution in [0.2, 0.25) is 0 Å². The zero-order valence-corrected chi connectivity index (χ0v) is 12.9. The number of hydrogen-bond donors (Lipinski definition) is 1. The molecule has 1 N–H and O–H groups in total. The molecule has 0 amide bonds. The molecule has 1 heterocycles. The minimum absolute atomic E-state index is 0.365. The van der Waals surface area contributed by atoms with E-state index in [1.54, 1.807) is 17.8 Å². The molecule has 1 aromatic rings. The fraction of sp³-hybridized carbons (Fsp3) is 0.533. The summed E-state index contributed by atoms with van der Waals surface area (Å²) >= 11 is 1.68. The normalized spacial score (nSPS) is 19.0. The summed E-state index contributed by atoms with van der Waals surface area (Å²) in [5, 5.41) is 4.44. The van der Waals surface area contributed by atoms with Gasteiger partial charge in [-0.25, -0.2) is 0 Å². The van der Waals surface area contributed by atoms with E-state index in [0.29, 0.717) is 23.3 Å². The van der Waals surface area contributed by atoms with Crippen molar-refractivity contribution in [1.29, 1.82) is 0 Å². The molecule has 0 saturated heterocycles. The molecule has 2 nitrogen and oxygen atoms in total. The summed E-state index contributed by atoms with van der Waals surface area (Å²) in [6.45, 7) is 5.50. The van der Waals surface area contributed by atoms with Gasteiger partial charge in [0.1, 0.15) is 0 Å². The van der Waals surface area contributed by atoms with Gasteiger partial charge in [0.25, 0.3) is 0 Å². The quantitative estimate of drug-likeness (QED) is 0.895. The molecule has 0 spiro atoms. The first-order chi connectivity index (χ1) is 9.84. The van der Waals surface area contributed by atoms with Gasteiger partial charge >= 0.3 is 6.18 Å². The second kappa shape index (κ2) is 6.73. The monoisotopic (exact) mass is 316 g/mol. The lowest BCUT2D eigenvalue weighted by Crippen LogP contribution is -2.19. The van der Waals surface area contributed by atoms with E-state index in [2.05, 4.69) is 24.2 Å². The molecule has 1 aliphatic rings. The molecule has 0 radical (unpaired) electrons. The van der Waals surface area contributed by atoms with Crippen molar-refractivity contribution in [2.75, 3.05) is 6.54 Å². The first kappa shape index (κ1) is 16.2.